The lowest BCUT2D eigenvalue weighted by Gasteiger charge is -2.06. The SMILES string of the molecule is CCc1cc(-c2csc(S(=O)(=O)NCc3ccccc3Cl)c2)on1. The summed E-state index contributed by atoms with van der Waals surface area (Å²) in [5, 5.41) is 6.19. The summed E-state index contributed by atoms with van der Waals surface area (Å²) in [6.45, 7) is 2.11. The van der Waals surface area contributed by atoms with Crippen LogP contribution in [0.3, 0.4) is 0 Å². The molecule has 0 aliphatic rings. The zero-order valence-corrected chi connectivity index (χ0v) is 15.2. The van der Waals surface area contributed by atoms with Crippen LogP contribution in [0.15, 0.2) is 50.5 Å². The molecule has 0 fully saturated rings. The predicted molar refractivity (Wildman–Crippen MR) is 94.7 cm³/mol. The molecule has 126 valence electrons. The van der Waals surface area contributed by atoms with Crippen molar-refractivity contribution in [3.8, 4) is 11.3 Å². The predicted octanol–water partition coefficient (Wildman–Crippen LogP) is 4.10. The quantitative estimate of drug-likeness (QED) is 0.696. The van der Waals surface area contributed by atoms with Crippen LogP contribution in [0.5, 0.6) is 0 Å². The maximum Gasteiger partial charge on any atom is 0.250 e. The van der Waals surface area contributed by atoms with E-state index in [0.29, 0.717) is 16.3 Å². The van der Waals surface area contributed by atoms with Gasteiger partial charge in [-0.1, -0.05) is 41.9 Å². The monoisotopic (exact) mass is 382 g/mol. The van der Waals surface area contributed by atoms with Gasteiger partial charge >= 0.3 is 0 Å². The minimum atomic E-state index is -3.61. The molecule has 0 aliphatic heterocycles. The molecule has 0 amide bonds. The summed E-state index contributed by atoms with van der Waals surface area (Å²) in [7, 11) is -3.61. The number of hydrogen-bond donors (Lipinski definition) is 1. The highest BCUT2D eigenvalue weighted by Gasteiger charge is 2.19. The first kappa shape index (κ1) is 17.2. The summed E-state index contributed by atoms with van der Waals surface area (Å²) in [5.41, 5.74) is 2.25. The summed E-state index contributed by atoms with van der Waals surface area (Å²) in [4.78, 5) is 0. The van der Waals surface area contributed by atoms with Gasteiger partial charge < -0.3 is 4.52 Å². The van der Waals surface area contributed by atoms with Gasteiger partial charge in [-0.05, 0) is 24.1 Å². The molecule has 2 heterocycles. The lowest BCUT2D eigenvalue weighted by Crippen LogP contribution is -2.22. The van der Waals surface area contributed by atoms with Crippen LogP contribution in [-0.2, 0) is 23.0 Å². The number of benzene rings is 1. The fourth-order valence-corrected chi connectivity index (χ4v) is 4.51. The Morgan fingerprint density at radius 2 is 2.08 bits per heavy atom. The summed E-state index contributed by atoms with van der Waals surface area (Å²) in [6, 6.07) is 10.5. The number of rotatable bonds is 6. The first-order valence-electron chi connectivity index (χ1n) is 7.27. The Morgan fingerprint density at radius 3 is 2.79 bits per heavy atom. The third kappa shape index (κ3) is 3.70. The Bertz CT molecular complexity index is 948. The summed E-state index contributed by atoms with van der Waals surface area (Å²) < 4.78 is 32.9. The lowest BCUT2D eigenvalue weighted by atomic mass is 10.2. The molecule has 0 saturated heterocycles. The number of aromatic nitrogens is 1. The minimum absolute atomic E-state index is 0.136. The molecular formula is C16H15ClN2O3S2. The Hall–Kier alpha value is -1.67. The van der Waals surface area contributed by atoms with Crippen molar-refractivity contribution < 1.29 is 12.9 Å². The molecule has 0 atom stereocenters. The van der Waals surface area contributed by atoms with E-state index in [2.05, 4.69) is 9.88 Å². The van der Waals surface area contributed by atoms with E-state index in [1.54, 1.807) is 29.6 Å². The van der Waals surface area contributed by atoms with Crippen LogP contribution in [0.4, 0.5) is 0 Å². The lowest BCUT2D eigenvalue weighted by molar-refractivity contribution is 0.424. The molecule has 3 aromatic rings. The van der Waals surface area contributed by atoms with Crippen molar-refractivity contribution in [1.29, 1.82) is 0 Å². The van der Waals surface area contributed by atoms with E-state index in [-0.39, 0.29) is 10.8 Å². The molecule has 0 aliphatic carbocycles. The fourth-order valence-electron chi connectivity index (χ4n) is 2.09. The second kappa shape index (κ2) is 7.06. The van der Waals surface area contributed by atoms with Crippen molar-refractivity contribution in [2.45, 2.75) is 24.1 Å². The molecule has 8 heteroatoms. The highest BCUT2D eigenvalue weighted by molar-refractivity contribution is 7.91. The van der Waals surface area contributed by atoms with Crippen LogP contribution in [0.2, 0.25) is 5.02 Å². The second-order valence-corrected chi connectivity index (χ2v) is 8.42. The number of hydrogen-bond acceptors (Lipinski definition) is 5. The van der Waals surface area contributed by atoms with Gasteiger partial charge in [-0.2, -0.15) is 0 Å². The van der Waals surface area contributed by atoms with Crippen molar-refractivity contribution in [2.75, 3.05) is 0 Å². The summed E-state index contributed by atoms with van der Waals surface area (Å²) in [6.07, 6.45) is 0.762. The molecule has 1 N–H and O–H groups in total. The number of sulfonamides is 1. The molecular weight excluding hydrogens is 368 g/mol. The molecule has 3 rings (SSSR count). The van der Waals surface area contributed by atoms with Crippen molar-refractivity contribution in [1.82, 2.24) is 9.88 Å². The molecule has 1 aromatic carbocycles. The van der Waals surface area contributed by atoms with E-state index in [1.807, 2.05) is 19.1 Å². The topological polar surface area (TPSA) is 72.2 Å². The molecule has 0 spiro atoms. The van der Waals surface area contributed by atoms with Crippen LogP contribution in [0.25, 0.3) is 11.3 Å². The minimum Gasteiger partial charge on any atom is -0.356 e. The number of nitrogens with one attached hydrogen (secondary N) is 1. The number of halogens is 1. The molecule has 5 nitrogen and oxygen atoms in total. The normalized spacial score (nSPS) is 11.8. The van der Waals surface area contributed by atoms with E-state index in [0.717, 1.165) is 29.0 Å². The summed E-state index contributed by atoms with van der Waals surface area (Å²) in [5.74, 6) is 0.565. The van der Waals surface area contributed by atoms with Crippen LogP contribution in [-0.4, -0.2) is 13.6 Å². The van der Waals surface area contributed by atoms with Gasteiger partial charge in [0.2, 0.25) is 10.0 Å². The van der Waals surface area contributed by atoms with Crippen LogP contribution >= 0.6 is 22.9 Å². The van der Waals surface area contributed by atoms with Gasteiger partial charge in [0.25, 0.3) is 0 Å². The second-order valence-electron chi connectivity index (χ2n) is 5.11. The maximum atomic E-state index is 12.4. The van der Waals surface area contributed by atoms with Gasteiger partial charge in [0.05, 0.1) is 5.69 Å². The van der Waals surface area contributed by atoms with Crippen LogP contribution in [0.1, 0.15) is 18.2 Å². The Balaban J connectivity index is 1.77. The Kier molecular flexibility index (Phi) is 5.05. The van der Waals surface area contributed by atoms with Gasteiger partial charge in [0, 0.05) is 28.6 Å². The van der Waals surface area contributed by atoms with Gasteiger partial charge in [-0.3, -0.25) is 0 Å². The van der Waals surface area contributed by atoms with Gasteiger partial charge in [-0.25, -0.2) is 13.1 Å². The van der Waals surface area contributed by atoms with E-state index in [9.17, 15) is 8.42 Å². The van der Waals surface area contributed by atoms with E-state index in [4.69, 9.17) is 16.1 Å². The maximum absolute atomic E-state index is 12.4. The van der Waals surface area contributed by atoms with Crippen molar-refractivity contribution >= 4 is 33.0 Å². The Labute approximate surface area is 149 Å². The van der Waals surface area contributed by atoms with Crippen molar-refractivity contribution in [3.05, 3.63) is 58.1 Å². The molecule has 24 heavy (non-hydrogen) atoms. The van der Waals surface area contributed by atoms with Crippen LogP contribution < -0.4 is 4.72 Å². The van der Waals surface area contributed by atoms with Crippen molar-refractivity contribution in [2.24, 2.45) is 0 Å². The standard InChI is InChI=1S/C16H15ClN2O3S2/c1-2-13-8-15(22-19-13)12-7-16(23-10-12)24(20,21)18-9-11-5-3-4-6-14(11)17/h3-8,10,18H,2,9H2,1H3. The highest BCUT2D eigenvalue weighted by atomic mass is 35.5. The van der Waals surface area contributed by atoms with Gasteiger partial charge in [0.15, 0.2) is 5.76 Å². The molecule has 0 bridgehead atoms. The zero-order chi connectivity index (χ0) is 17.2. The zero-order valence-electron chi connectivity index (χ0n) is 12.8. The van der Waals surface area contributed by atoms with E-state index >= 15 is 0 Å². The molecule has 2 aromatic heterocycles. The average molecular weight is 383 g/mol. The smallest absolute Gasteiger partial charge is 0.250 e. The number of thiophene rings is 1. The number of nitrogens with zero attached hydrogens (tertiary/aromatic N) is 1. The third-order valence-electron chi connectivity index (χ3n) is 3.46. The molecule has 0 radical (unpaired) electrons. The first-order valence-corrected chi connectivity index (χ1v) is 10.0. The van der Waals surface area contributed by atoms with Crippen molar-refractivity contribution in [3.63, 3.8) is 0 Å². The Morgan fingerprint density at radius 1 is 1.29 bits per heavy atom. The first-order chi connectivity index (χ1) is 11.5. The molecule has 0 unspecified atom stereocenters. The van der Waals surface area contributed by atoms with Gasteiger partial charge in [0.1, 0.15) is 4.21 Å². The average Bonchev–Trinajstić information content (AvgIpc) is 3.23. The fraction of sp³-hybridized carbons (Fsp3) is 0.188. The van der Waals surface area contributed by atoms with E-state index in [1.165, 1.54) is 0 Å². The van der Waals surface area contributed by atoms with Crippen LogP contribution in [0, 0.1) is 0 Å². The van der Waals surface area contributed by atoms with E-state index < -0.39 is 10.0 Å². The van der Waals surface area contributed by atoms with Gasteiger partial charge in [-0.15, -0.1) is 11.3 Å². The summed E-state index contributed by atoms with van der Waals surface area (Å²) >= 11 is 7.18. The number of aryl methyl sites for hydroxylation is 1. The highest BCUT2D eigenvalue weighted by Crippen LogP contribution is 2.29. The largest absolute Gasteiger partial charge is 0.356 e. The molecule has 0 saturated carbocycles. The third-order valence-corrected chi connectivity index (χ3v) is 6.67.